The molecule has 1 N–H and O–H groups in total. The standard InChI is InChI=1S/C16H18N2O6S/c1-18(2)25(21,22)14-6-4-3-5-12(14)9-17-15(19)11-24-16(20)13-7-8-23-10-13/h3-8,10H,9,11H2,1-2H3,(H,17,19). The van der Waals surface area contributed by atoms with E-state index in [2.05, 4.69) is 5.32 Å². The fraction of sp³-hybridized carbons (Fsp3) is 0.250. The lowest BCUT2D eigenvalue weighted by molar-refractivity contribution is -0.124. The molecule has 1 heterocycles. The van der Waals surface area contributed by atoms with Crippen molar-refractivity contribution in [1.29, 1.82) is 0 Å². The Morgan fingerprint density at radius 1 is 1.20 bits per heavy atom. The van der Waals surface area contributed by atoms with Crippen molar-refractivity contribution in [3.63, 3.8) is 0 Å². The third-order valence-corrected chi connectivity index (χ3v) is 5.21. The van der Waals surface area contributed by atoms with E-state index in [1.165, 1.54) is 38.8 Å². The maximum atomic E-state index is 12.3. The smallest absolute Gasteiger partial charge is 0.341 e. The second kappa shape index (κ2) is 7.95. The Morgan fingerprint density at radius 2 is 1.92 bits per heavy atom. The van der Waals surface area contributed by atoms with Crippen molar-refractivity contribution in [2.24, 2.45) is 0 Å². The van der Waals surface area contributed by atoms with Gasteiger partial charge in [-0.15, -0.1) is 0 Å². The van der Waals surface area contributed by atoms with Gasteiger partial charge in [0.25, 0.3) is 5.91 Å². The second-order valence-corrected chi connectivity index (χ2v) is 7.38. The largest absolute Gasteiger partial charge is 0.472 e. The monoisotopic (exact) mass is 366 g/mol. The molecular weight excluding hydrogens is 348 g/mol. The molecule has 0 saturated carbocycles. The van der Waals surface area contributed by atoms with E-state index >= 15 is 0 Å². The molecule has 1 amide bonds. The second-order valence-electron chi connectivity index (χ2n) is 5.26. The summed E-state index contributed by atoms with van der Waals surface area (Å²) in [5, 5.41) is 2.53. The molecule has 0 aliphatic heterocycles. The van der Waals surface area contributed by atoms with Gasteiger partial charge in [0, 0.05) is 20.6 Å². The number of furan rings is 1. The topological polar surface area (TPSA) is 106 Å². The number of nitrogens with one attached hydrogen (secondary N) is 1. The van der Waals surface area contributed by atoms with Crippen LogP contribution >= 0.6 is 0 Å². The molecule has 0 aliphatic rings. The highest BCUT2D eigenvalue weighted by Crippen LogP contribution is 2.18. The first kappa shape index (κ1) is 18.7. The van der Waals surface area contributed by atoms with Crippen molar-refractivity contribution in [3.8, 4) is 0 Å². The Kier molecular flexibility index (Phi) is 5.94. The molecule has 0 radical (unpaired) electrons. The van der Waals surface area contributed by atoms with E-state index in [0.717, 1.165) is 4.31 Å². The van der Waals surface area contributed by atoms with Crippen LogP contribution < -0.4 is 5.32 Å². The van der Waals surface area contributed by atoms with Crippen LogP contribution in [-0.2, 0) is 26.1 Å². The van der Waals surface area contributed by atoms with Gasteiger partial charge in [-0.05, 0) is 17.7 Å². The zero-order valence-corrected chi connectivity index (χ0v) is 14.6. The zero-order chi connectivity index (χ0) is 18.4. The quantitative estimate of drug-likeness (QED) is 0.733. The summed E-state index contributed by atoms with van der Waals surface area (Å²) in [4.78, 5) is 23.5. The van der Waals surface area contributed by atoms with Crippen molar-refractivity contribution < 1.29 is 27.2 Å². The molecule has 8 nitrogen and oxygen atoms in total. The van der Waals surface area contributed by atoms with Crippen LogP contribution in [0.15, 0.2) is 52.2 Å². The van der Waals surface area contributed by atoms with Crippen molar-refractivity contribution in [1.82, 2.24) is 9.62 Å². The Labute approximate surface area is 145 Å². The number of amides is 1. The number of ether oxygens (including phenoxy) is 1. The molecule has 2 rings (SSSR count). The van der Waals surface area contributed by atoms with Crippen LogP contribution in [0.5, 0.6) is 0 Å². The van der Waals surface area contributed by atoms with Gasteiger partial charge < -0.3 is 14.5 Å². The van der Waals surface area contributed by atoms with Crippen molar-refractivity contribution in [3.05, 3.63) is 54.0 Å². The minimum Gasteiger partial charge on any atom is -0.472 e. The van der Waals surface area contributed by atoms with Gasteiger partial charge in [-0.2, -0.15) is 0 Å². The molecule has 0 spiro atoms. The summed E-state index contributed by atoms with van der Waals surface area (Å²) >= 11 is 0. The van der Waals surface area contributed by atoms with E-state index in [9.17, 15) is 18.0 Å². The van der Waals surface area contributed by atoms with Crippen LogP contribution in [0.4, 0.5) is 0 Å². The molecule has 0 aliphatic carbocycles. The van der Waals surface area contributed by atoms with E-state index < -0.39 is 28.5 Å². The predicted molar refractivity (Wildman–Crippen MR) is 88.2 cm³/mol. The van der Waals surface area contributed by atoms with E-state index in [1.54, 1.807) is 18.2 Å². The van der Waals surface area contributed by atoms with Gasteiger partial charge in [-0.1, -0.05) is 18.2 Å². The minimum absolute atomic E-state index is 0.00859. The Balaban J connectivity index is 1.95. The van der Waals surface area contributed by atoms with E-state index in [0.29, 0.717) is 5.56 Å². The highest BCUT2D eigenvalue weighted by molar-refractivity contribution is 7.89. The summed E-state index contributed by atoms with van der Waals surface area (Å²) in [7, 11) is -0.763. The summed E-state index contributed by atoms with van der Waals surface area (Å²) in [6.45, 7) is -0.488. The predicted octanol–water partition coefficient (Wildman–Crippen LogP) is 1.00. The van der Waals surface area contributed by atoms with E-state index in [-0.39, 0.29) is 17.0 Å². The Bertz CT molecular complexity index is 843. The highest BCUT2D eigenvalue weighted by atomic mass is 32.2. The number of carbonyl (C=O) groups is 2. The van der Waals surface area contributed by atoms with Gasteiger partial charge in [0.05, 0.1) is 16.7 Å². The lowest BCUT2D eigenvalue weighted by atomic mass is 10.2. The number of nitrogens with zero attached hydrogens (tertiary/aromatic N) is 1. The van der Waals surface area contributed by atoms with E-state index in [1.807, 2.05) is 0 Å². The Hall–Kier alpha value is -2.65. The minimum atomic E-state index is -3.62. The summed E-state index contributed by atoms with van der Waals surface area (Å²) in [5.41, 5.74) is 0.640. The van der Waals surface area contributed by atoms with Gasteiger partial charge in [0.1, 0.15) is 6.26 Å². The summed E-state index contributed by atoms with van der Waals surface area (Å²) in [6, 6.07) is 7.77. The average molecular weight is 366 g/mol. The van der Waals surface area contributed by atoms with Gasteiger partial charge in [-0.25, -0.2) is 17.5 Å². The first-order valence-corrected chi connectivity index (χ1v) is 8.73. The SMILES string of the molecule is CN(C)S(=O)(=O)c1ccccc1CNC(=O)COC(=O)c1ccoc1. The summed E-state index contributed by atoms with van der Waals surface area (Å²) in [5.74, 6) is -1.23. The third kappa shape index (κ3) is 4.68. The summed E-state index contributed by atoms with van der Waals surface area (Å²) < 4.78 is 35.2. The van der Waals surface area contributed by atoms with Crippen LogP contribution in [-0.4, -0.2) is 45.3 Å². The number of esters is 1. The highest BCUT2D eigenvalue weighted by Gasteiger charge is 2.21. The number of rotatable bonds is 7. The molecule has 1 aromatic heterocycles. The lowest BCUT2D eigenvalue weighted by Gasteiger charge is -2.15. The zero-order valence-electron chi connectivity index (χ0n) is 13.8. The van der Waals surface area contributed by atoms with Crippen LogP contribution in [0, 0.1) is 0 Å². The molecule has 2 aromatic rings. The molecule has 134 valence electrons. The van der Waals surface area contributed by atoms with Gasteiger partial charge in [-0.3, -0.25) is 4.79 Å². The normalized spacial score (nSPS) is 11.3. The maximum absolute atomic E-state index is 12.3. The fourth-order valence-corrected chi connectivity index (χ4v) is 3.05. The number of carbonyl (C=O) groups excluding carboxylic acids is 2. The molecule has 25 heavy (non-hydrogen) atoms. The van der Waals surface area contributed by atoms with Gasteiger partial charge in [0.2, 0.25) is 10.0 Å². The van der Waals surface area contributed by atoms with Crippen LogP contribution in [0.25, 0.3) is 0 Å². The lowest BCUT2D eigenvalue weighted by Crippen LogP contribution is -2.30. The molecule has 0 unspecified atom stereocenters. The van der Waals surface area contributed by atoms with Crippen LogP contribution in [0.2, 0.25) is 0 Å². The number of sulfonamides is 1. The third-order valence-electron chi connectivity index (χ3n) is 3.30. The Morgan fingerprint density at radius 3 is 2.56 bits per heavy atom. The number of benzene rings is 1. The molecule has 0 fully saturated rings. The van der Waals surface area contributed by atoms with Crippen molar-refractivity contribution >= 4 is 21.9 Å². The molecule has 0 atom stereocenters. The molecular formula is C16H18N2O6S. The molecule has 0 saturated heterocycles. The van der Waals surface area contributed by atoms with Crippen molar-refractivity contribution in [2.75, 3.05) is 20.7 Å². The molecule has 1 aromatic carbocycles. The van der Waals surface area contributed by atoms with Crippen molar-refractivity contribution in [2.45, 2.75) is 11.4 Å². The van der Waals surface area contributed by atoms with Crippen LogP contribution in [0.3, 0.4) is 0 Å². The maximum Gasteiger partial charge on any atom is 0.341 e. The number of hydrogen-bond donors (Lipinski definition) is 1. The van der Waals surface area contributed by atoms with E-state index in [4.69, 9.17) is 9.15 Å². The first-order valence-electron chi connectivity index (χ1n) is 7.29. The fourth-order valence-electron chi connectivity index (χ4n) is 1.94. The number of hydrogen-bond acceptors (Lipinski definition) is 6. The molecule has 0 bridgehead atoms. The van der Waals surface area contributed by atoms with Gasteiger partial charge >= 0.3 is 5.97 Å². The summed E-state index contributed by atoms with van der Waals surface area (Å²) in [6.07, 6.45) is 2.53. The molecule has 9 heteroatoms. The van der Waals surface area contributed by atoms with Crippen LogP contribution in [0.1, 0.15) is 15.9 Å². The van der Waals surface area contributed by atoms with Gasteiger partial charge in [0.15, 0.2) is 6.61 Å². The average Bonchev–Trinajstić information content (AvgIpc) is 3.12. The first-order chi connectivity index (χ1) is 11.8.